The summed E-state index contributed by atoms with van der Waals surface area (Å²) in [7, 11) is 0. The molecule has 1 saturated heterocycles. The van der Waals surface area contributed by atoms with Crippen LogP contribution in [0.5, 0.6) is 5.75 Å². The molecular formula is C18H30NO2+. The maximum atomic E-state index is 5.78. The first-order valence-corrected chi connectivity index (χ1v) is 8.16. The third kappa shape index (κ3) is 5.68. The van der Waals surface area contributed by atoms with Crippen molar-refractivity contribution in [3.63, 3.8) is 0 Å². The van der Waals surface area contributed by atoms with Crippen LogP contribution < -0.4 is 10.1 Å². The Labute approximate surface area is 129 Å². The molecule has 3 heteroatoms. The highest BCUT2D eigenvalue weighted by Gasteiger charge is 2.29. The molecule has 1 heterocycles. The minimum atomic E-state index is 0.0621. The van der Waals surface area contributed by atoms with E-state index in [0.29, 0.717) is 0 Å². The predicted molar refractivity (Wildman–Crippen MR) is 85.5 cm³/mol. The molecule has 1 aliphatic heterocycles. The maximum absolute atomic E-state index is 5.78. The number of rotatable bonds is 6. The Bertz CT molecular complexity index is 425. The van der Waals surface area contributed by atoms with E-state index in [-0.39, 0.29) is 11.7 Å². The van der Waals surface area contributed by atoms with Crippen LogP contribution in [0, 0.1) is 5.92 Å². The van der Waals surface area contributed by atoms with Crippen molar-refractivity contribution in [3.8, 4) is 5.75 Å². The van der Waals surface area contributed by atoms with Gasteiger partial charge in [0.15, 0.2) is 0 Å². The van der Waals surface area contributed by atoms with Crippen molar-refractivity contribution in [3.05, 3.63) is 29.8 Å². The maximum Gasteiger partial charge on any atom is 0.119 e. The van der Waals surface area contributed by atoms with Crippen molar-refractivity contribution in [1.29, 1.82) is 0 Å². The Hall–Kier alpha value is -1.06. The van der Waals surface area contributed by atoms with Gasteiger partial charge in [-0.2, -0.15) is 0 Å². The zero-order valence-corrected chi connectivity index (χ0v) is 13.9. The summed E-state index contributed by atoms with van der Waals surface area (Å²) >= 11 is 0. The van der Waals surface area contributed by atoms with Crippen LogP contribution in [0.25, 0.3) is 0 Å². The van der Waals surface area contributed by atoms with Crippen molar-refractivity contribution in [2.24, 2.45) is 5.92 Å². The molecule has 118 valence electrons. The number of nitrogens with two attached hydrogens (primary N) is 1. The lowest BCUT2D eigenvalue weighted by molar-refractivity contribution is -0.677. The van der Waals surface area contributed by atoms with Crippen LogP contribution in [0.2, 0.25) is 0 Å². The van der Waals surface area contributed by atoms with Crippen LogP contribution in [-0.2, 0) is 11.3 Å². The van der Waals surface area contributed by atoms with E-state index in [1.54, 1.807) is 0 Å². The fourth-order valence-corrected chi connectivity index (χ4v) is 3.02. The largest absolute Gasteiger partial charge is 0.491 e. The second-order valence-corrected chi connectivity index (χ2v) is 7.01. The summed E-state index contributed by atoms with van der Waals surface area (Å²) in [6, 6.07) is 8.48. The highest BCUT2D eigenvalue weighted by atomic mass is 16.5. The number of hydrogen-bond acceptors (Lipinski definition) is 2. The van der Waals surface area contributed by atoms with Crippen molar-refractivity contribution in [2.45, 2.75) is 58.8 Å². The van der Waals surface area contributed by atoms with Gasteiger partial charge < -0.3 is 14.8 Å². The number of benzene rings is 1. The zero-order valence-electron chi connectivity index (χ0n) is 13.9. The normalized spacial score (nSPS) is 21.5. The van der Waals surface area contributed by atoms with Crippen molar-refractivity contribution >= 4 is 0 Å². The predicted octanol–water partition coefficient (Wildman–Crippen LogP) is 2.74. The van der Waals surface area contributed by atoms with E-state index in [9.17, 15) is 0 Å². The van der Waals surface area contributed by atoms with Crippen molar-refractivity contribution in [1.82, 2.24) is 0 Å². The van der Waals surface area contributed by atoms with Crippen LogP contribution >= 0.6 is 0 Å². The van der Waals surface area contributed by atoms with E-state index < -0.39 is 0 Å². The van der Waals surface area contributed by atoms with Crippen LogP contribution in [-0.4, -0.2) is 24.9 Å². The van der Waals surface area contributed by atoms with E-state index in [2.05, 4.69) is 57.3 Å². The SMILES string of the molecule is CC(C)Oc1ccc(C[NH2+]C[C@@H]2CCOC(C)(C)C2)cc1. The molecule has 21 heavy (non-hydrogen) atoms. The quantitative estimate of drug-likeness (QED) is 0.875. The van der Waals surface area contributed by atoms with Gasteiger partial charge in [-0.3, -0.25) is 0 Å². The van der Waals surface area contributed by atoms with Gasteiger partial charge in [0.1, 0.15) is 12.3 Å². The monoisotopic (exact) mass is 292 g/mol. The topological polar surface area (TPSA) is 35.1 Å². The Morgan fingerprint density at radius 2 is 2.00 bits per heavy atom. The molecular weight excluding hydrogens is 262 g/mol. The van der Waals surface area contributed by atoms with E-state index >= 15 is 0 Å². The molecule has 0 spiro atoms. The summed E-state index contributed by atoms with van der Waals surface area (Å²) in [5, 5.41) is 2.42. The fourth-order valence-electron chi connectivity index (χ4n) is 3.02. The lowest BCUT2D eigenvalue weighted by Crippen LogP contribution is -2.84. The van der Waals surface area contributed by atoms with Gasteiger partial charge in [0.25, 0.3) is 0 Å². The third-order valence-electron chi connectivity index (χ3n) is 3.97. The molecule has 0 aromatic heterocycles. The Morgan fingerprint density at radius 3 is 2.62 bits per heavy atom. The van der Waals surface area contributed by atoms with Crippen LogP contribution in [0.3, 0.4) is 0 Å². The van der Waals surface area contributed by atoms with Gasteiger partial charge in [-0.15, -0.1) is 0 Å². The molecule has 2 rings (SSSR count). The van der Waals surface area contributed by atoms with Gasteiger partial charge in [-0.1, -0.05) is 0 Å². The molecule has 0 bridgehead atoms. The summed E-state index contributed by atoms with van der Waals surface area (Å²) in [6.45, 7) is 11.6. The Balaban J connectivity index is 1.73. The molecule has 1 aromatic carbocycles. The summed E-state index contributed by atoms with van der Waals surface area (Å²) in [4.78, 5) is 0. The first-order valence-electron chi connectivity index (χ1n) is 8.16. The lowest BCUT2D eigenvalue weighted by Gasteiger charge is -2.34. The fraction of sp³-hybridized carbons (Fsp3) is 0.667. The Kier molecular flexibility index (Phi) is 5.65. The molecule has 3 nitrogen and oxygen atoms in total. The van der Waals surface area contributed by atoms with Gasteiger partial charge in [-0.25, -0.2) is 0 Å². The molecule has 1 atom stereocenters. The highest BCUT2D eigenvalue weighted by Crippen LogP contribution is 2.27. The van der Waals surface area contributed by atoms with Crippen LogP contribution in [0.1, 0.15) is 46.1 Å². The second kappa shape index (κ2) is 7.28. The molecule has 0 saturated carbocycles. The molecule has 0 radical (unpaired) electrons. The molecule has 1 aliphatic rings. The number of ether oxygens (including phenoxy) is 2. The van der Waals surface area contributed by atoms with E-state index in [0.717, 1.165) is 24.8 Å². The van der Waals surface area contributed by atoms with Crippen LogP contribution in [0.15, 0.2) is 24.3 Å². The summed E-state index contributed by atoms with van der Waals surface area (Å²) in [6.07, 6.45) is 2.60. The van der Waals surface area contributed by atoms with E-state index in [1.807, 2.05) is 0 Å². The van der Waals surface area contributed by atoms with Gasteiger partial charge in [-0.05, 0) is 64.8 Å². The smallest absolute Gasteiger partial charge is 0.119 e. The average molecular weight is 292 g/mol. The lowest BCUT2D eigenvalue weighted by atomic mass is 9.88. The summed E-state index contributed by atoms with van der Waals surface area (Å²) in [5.41, 5.74) is 1.42. The van der Waals surface area contributed by atoms with Gasteiger partial charge in [0.05, 0.1) is 18.2 Å². The van der Waals surface area contributed by atoms with E-state index in [1.165, 1.54) is 24.9 Å². The zero-order chi connectivity index (χ0) is 15.3. The molecule has 0 unspecified atom stereocenters. The molecule has 2 N–H and O–H groups in total. The van der Waals surface area contributed by atoms with Crippen LogP contribution in [0.4, 0.5) is 0 Å². The van der Waals surface area contributed by atoms with Crippen molar-refractivity contribution in [2.75, 3.05) is 13.2 Å². The number of hydrogen-bond donors (Lipinski definition) is 1. The minimum absolute atomic E-state index is 0.0621. The molecule has 1 aromatic rings. The average Bonchev–Trinajstić information content (AvgIpc) is 2.39. The van der Waals surface area contributed by atoms with Gasteiger partial charge >= 0.3 is 0 Å². The second-order valence-electron chi connectivity index (χ2n) is 7.01. The first-order chi connectivity index (χ1) is 9.94. The molecule has 0 amide bonds. The standard InChI is InChI=1S/C18H29NO2/c1-14(2)21-17-7-5-15(6-8-17)12-19-13-16-9-10-20-18(3,4)11-16/h5-8,14,16,19H,9-13H2,1-4H3/p+1/t16-/m1/s1. The summed E-state index contributed by atoms with van der Waals surface area (Å²) in [5.74, 6) is 1.73. The Morgan fingerprint density at radius 1 is 1.29 bits per heavy atom. The van der Waals surface area contributed by atoms with E-state index in [4.69, 9.17) is 9.47 Å². The minimum Gasteiger partial charge on any atom is -0.491 e. The number of quaternary nitrogens is 1. The third-order valence-corrected chi connectivity index (χ3v) is 3.97. The first kappa shape index (κ1) is 16.3. The molecule has 0 aliphatic carbocycles. The van der Waals surface area contributed by atoms with Crippen molar-refractivity contribution < 1.29 is 14.8 Å². The highest BCUT2D eigenvalue weighted by molar-refractivity contribution is 5.26. The molecule has 1 fully saturated rings. The van der Waals surface area contributed by atoms with Gasteiger partial charge in [0, 0.05) is 18.1 Å². The summed E-state index contributed by atoms with van der Waals surface area (Å²) < 4.78 is 11.4. The van der Waals surface area contributed by atoms with Gasteiger partial charge in [0.2, 0.25) is 0 Å².